The molecule has 0 unspecified atom stereocenters. The Morgan fingerprint density at radius 1 is 0.362 bits per heavy atom. The Bertz CT molecular complexity index is 2500. The van der Waals surface area contributed by atoms with Crippen LogP contribution in [0.3, 0.4) is 0 Å². The van der Waals surface area contributed by atoms with E-state index in [4.69, 9.17) is 15.0 Å². The molecule has 7 aromatic carbocycles. The molecule has 0 amide bonds. The first-order valence-electron chi connectivity index (χ1n) is 15.5. The van der Waals surface area contributed by atoms with Gasteiger partial charge in [-0.05, 0) is 55.9 Å². The summed E-state index contributed by atoms with van der Waals surface area (Å²) in [5.74, 6) is -1.36. The van der Waals surface area contributed by atoms with E-state index in [2.05, 4.69) is 18.2 Å². The summed E-state index contributed by atoms with van der Waals surface area (Å²) in [5.41, 5.74) is 5.50. The molecule has 0 N–H and O–H groups in total. The third-order valence-electron chi connectivity index (χ3n) is 9.09. The maximum absolute atomic E-state index is 15.7. The lowest BCUT2D eigenvalue weighted by Crippen LogP contribution is -2.10. The first-order chi connectivity index (χ1) is 23.1. The Kier molecular flexibility index (Phi) is 6.09. The third kappa shape index (κ3) is 4.35. The average molecular weight is 610 g/mol. The van der Waals surface area contributed by atoms with Gasteiger partial charge in [0.1, 0.15) is 0 Å². The molecule has 1 heterocycles. The van der Waals surface area contributed by atoms with Crippen LogP contribution in [0.5, 0.6) is 0 Å². The zero-order valence-corrected chi connectivity index (χ0v) is 25.0. The molecule has 1 aliphatic carbocycles. The summed E-state index contributed by atoms with van der Waals surface area (Å²) in [7, 11) is 0. The van der Waals surface area contributed by atoms with Crippen molar-refractivity contribution in [3.05, 3.63) is 163 Å². The van der Waals surface area contributed by atoms with Crippen LogP contribution in [-0.2, 0) is 5.92 Å². The number of aromatic nitrogens is 3. The van der Waals surface area contributed by atoms with Crippen LogP contribution >= 0.6 is 0 Å². The van der Waals surface area contributed by atoms with Crippen molar-refractivity contribution < 1.29 is 8.78 Å². The van der Waals surface area contributed by atoms with Crippen molar-refractivity contribution in [1.29, 1.82) is 0 Å². The molecule has 1 aromatic heterocycles. The molecular formula is C42H25F2N3. The Morgan fingerprint density at radius 3 is 1.70 bits per heavy atom. The maximum atomic E-state index is 15.7. The number of benzene rings is 7. The molecule has 0 saturated carbocycles. The van der Waals surface area contributed by atoms with Gasteiger partial charge >= 0.3 is 0 Å². The van der Waals surface area contributed by atoms with Crippen molar-refractivity contribution in [2.45, 2.75) is 5.92 Å². The molecule has 3 nitrogen and oxygen atoms in total. The smallest absolute Gasteiger partial charge is 0.208 e. The molecule has 0 aliphatic heterocycles. The third-order valence-corrected chi connectivity index (χ3v) is 9.09. The Labute approximate surface area is 269 Å². The normalized spacial score (nSPS) is 13.1. The average Bonchev–Trinajstić information content (AvgIpc) is 3.36. The van der Waals surface area contributed by atoms with Gasteiger partial charge in [-0.2, -0.15) is 8.78 Å². The summed E-state index contributed by atoms with van der Waals surface area (Å²) in [6.07, 6.45) is 0. The number of halogens is 2. The van der Waals surface area contributed by atoms with Gasteiger partial charge in [-0.25, -0.2) is 15.0 Å². The van der Waals surface area contributed by atoms with Gasteiger partial charge in [0.25, 0.3) is 5.92 Å². The number of hydrogen-bond donors (Lipinski definition) is 0. The van der Waals surface area contributed by atoms with E-state index in [0.29, 0.717) is 28.6 Å². The minimum Gasteiger partial charge on any atom is -0.208 e. The predicted octanol–water partition coefficient (Wildman–Crippen LogP) is 11.0. The highest BCUT2D eigenvalue weighted by molar-refractivity contribution is 6.05. The summed E-state index contributed by atoms with van der Waals surface area (Å²) < 4.78 is 31.3. The van der Waals surface area contributed by atoms with E-state index in [1.807, 2.05) is 103 Å². The van der Waals surface area contributed by atoms with Crippen molar-refractivity contribution in [1.82, 2.24) is 15.0 Å². The largest absolute Gasteiger partial charge is 0.299 e. The Balaban J connectivity index is 1.24. The van der Waals surface area contributed by atoms with Crippen LogP contribution in [-0.4, -0.2) is 15.0 Å². The molecular weight excluding hydrogens is 584 g/mol. The lowest BCUT2D eigenvalue weighted by Gasteiger charge is -2.16. The number of hydrogen-bond acceptors (Lipinski definition) is 3. The van der Waals surface area contributed by atoms with Gasteiger partial charge in [0.2, 0.25) is 0 Å². The highest BCUT2D eigenvalue weighted by atomic mass is 19.3. The van der Waals surface area contributed by atoms with Crippen LogP contribution < -0.4 is 0 Å². The SMILES string of the molecule is FC1(F)c2ccccc2-c2ccc(-c3ccc(-c4nc(-c5ccccc5)nc(-c5cccc6ccccc56)n4)c4ccccc34)cc21. The number of rotatable bonds is 4. The molecule has 5 heteroatoms. The van der Waals surface area contributed by atoms with Crippen molar-refractivity contribution in [2.75, 3.05) is 0 Å². The molecule has 0 saturated heterocycles. The first-order valence-corrected chi connectivity index (χ1v) is 15.5. The highest BCUT2D eigenvalue weighted by Crippen LogP contribution is 2.52. The molecule has 8 aromatic rings. The van der Waals surface area contributed by atoms with Gasteiger partial charge in [-0.15, -0.1) is 0 Å². The summed E-state index contributed by atoms with van der Waals surface area (Å²) in [5, 5.41) is 4.01. The van der Waals surface area contributed by atoms with E-state index in [-0.39, 0.29) is 11.1 Å². The van der Waals surface area contributed by atoms with Gasteiger partial charge in [0.15, 0.2) is 17.5 Å². The Hall–Kier alpha value is -6.07. The van der Waals surface area contributed by atoms with Gasteiger partial charge in [-0.3, -0.25) is 0 Å². The van der Waals surface area contributed by atoms with Crippen LogP contribution in [0.25, 0.3) is 78.0 Å². The lowest BCUT2D eigenvalue weighted by atomic mass is 9.92. The van der Waals surface area contributed by atoms with Crippen molar-refractivity contribution >= 4 is 21.5 Å². The maximum Gasteiger partial charge on any atom is 0.299 e. The molecule has 9 rings (SSSR count). The van der Waals surface area contributed by atoms with Crippen molar-refractivity contribution in [3.8, 4) is 56.4 Å². The summed E-state index contributed by atoms with van der Waals surface area (Å²) in [6, 6.07) is 48.4. The number of alkyl halides is 2. The predicted molar refractivity (Wildman–Crippen MR) is 185 cm³/mol. The fourth-order valence-corrected chi connectivity index (χ4v) is 6.84. The van der Waals surface area contributed by atoms with E-state index >= 15 is 8.78 Å². The van der Waals surface area contributed by atoms with Crippen LogP contribution in [0.1, 0.15) is 11.1 Å². The van der Waals surface area contributed by atoms with E-state index < -0.39 is 5.92 Å². The van der Waals surface area contributed by atoms with Crippen LogP contribution in [0.4, 0.5) is 8.78 Å². The zero-order chi connectivity index (χ0) is 31.5. The van der Waals surface area contributed by atoms with Crippen LogP contribution in [0.2, 0.25) is 0 Å². The Morgan fingerprint density at radius 2 is 0.894 bits per heavy atom. The zero-order valence-electron chi connectivity index (χ0n) is 25.0. The molecule has 0 radical (unpaired) electrons. The molecule has 0 fully saturated rings. The summed E-state index contributed by atoms with van der Waals surface area (Å²) >= 11 is 0. The van der Waals surface area contributed by atoms with Gasteiger partial charge in [0.05, 0.1) is 0 Å². The standard InChI is InChI=1S/C42H25F2N3/c43-42(44)37-20-9-8-18-33(37)34-22-21-28(25-38(34)42)30-23-24-36(32-17-7-6-16-31(30)32)41-46-39(27-12-2-1-3-13-27)45-40(47-41)35-19-10-14-26-11-4-5-15-29(26)35/h1-25H. The molecule has 1 aliphatic rings. The second-order valence-corrected chi connectivity index (χ2v) is 11.8. The quantitative estimate of drug-likeness (QED) is 0.199. The minimum absolute atomic E-state index is 0.0362. The highest BCUT2D eigenvalue weighted by Gasteiger charge is 2.44. The van der Waals surface area contributed by atoms with E-state index in [1.165, 1.54) is 6.07 Å². The van der Waals surface area contributed by atoms with Gasteiger partial charge in [0, 0.05) is 27.8 Å². The van der Waals surface area contributed by atoms with E-state index in [1.54, 1.807) is 24.3 Å². The summed E-state index contributed by atoms with van der Waals surface area (Å²) in [6.45, 7) is 0. The molecule has 0 spiro atoms. The van der Waals surface area contributed by atoms with Crippen LogP contribution in [0, 0.1) is 0 Å². The van der Waals surface area contributed by atoms with E-state index in [0.717, 1.165) is 49.4 Å². The number of fused-ring (bicyclic) bond motifs is 5. The fourth-order valence-electron chi connectivity index (χ4n) is 6.84. The second-order valence-electron chi connectivity index (χ2n) is 11.8. The molecule has 222 valence electrons. The fraction of sp³-hybridized carbons (Fsp3) is 0.0238. The van der Waals surface area contributed by atoms with Crippen molar-refractivity contribution in [3.63, 3.8) is 0 Å². The first kappa shape index (κ1) is 27.3. The monoisotopic (exact) mass is 609 g/mol. The number of nitrogens with zero attached hydrogens (tertiary/aromatic N) is 3. The van der Waals surface area contributed by atoms with Gasteiger partial charge in [-0.1, -0.05) is 140 Å². The topological polar surface area (TPSA) is 38.7 Å². The molecule has 0 atom stereocenters. The minimum atomic E-state index is -3.06. The summed E-state index contributed by atoms with van der Waals surface area (Å²) in [4.78, 5) is 15.0. The molecule has 0 bridgehead atoms. The van der Waals surface area contributed by atoms with Crippen LogP contribution in [0.15, 0.2) is 152 Å². The lowest BCUT2D eigenvalue weighted by molar-refractivity contribution is 0.0480. The van der Waals surface area contributed by atoms with Crippen molar-refractivity contribution in [2.24, 2.45) is 0 Å². The van der Waals surface area contributed by atoms with Gasteiger partial charge < -0.3 is 0 Å². The molecule has 47 heavy (non-hydrogen) atoms. The second kappa shape index (κ2) is 10.5. The van der Waals surface area contributed by atoms with E-state index in [9.17, 15) is 0 Å².